The molecule has 0 radical (unpaired) electrons. The monoisotopic (exact) mass is 476 g/mol. The smallest absolute Gasteiger partial charge is 0.439 e. The normalized spacial score (nSPS) is 13.6. The number of nitrogens with one attached hydrogen (secondary N) is 2. The van der Waals surface area contributed by atoms with Gasteiger partial charge < -0.3 is 24.1 Å². The lowest BCUT2D eigenvalue weighted by Gasteiger charge is -2.27. The summed E-state index contributed by atoms with van der Waals surface area (Å²) in [5.74, 6) is 0.556. The molecule has 0 bridgehead atoms. The molecule has 11 nitrogen and oxygen atoms in total. The average Bonchev–Trinajstić information content (AvgIpc) is 3.20. The summed E-state index contributed by atoms with van der Waals surface area (Å²) in [5, 5.41) is 3.13. The predicted molar refractivity (Wildman–Crippen MR) is 129 cm³/mol. The number of morpholine rings is 1. The molecule has 0 unspecified atom stereocenters. The minimum Gasteiger partial charge on any atom is -0.497 e. The number of methoxy groups -OCH3 is 1. The molecule has 1 aliphatic heterocycles. The van der Waals surface area contributed by atoms with Gasteiger partial charge in [0.15, 0.2) is 11.4 Å². The van der Waals surface area contributed by atoms with Gasteiger partial charge in [-0.15, -0.1) is 0 Å². The summed E-state index contributed by atoms with van der Waals surface area (Å²) in [6.07, 6.45) is 1.63. The van der Waals surface area contributed by atoms with Gasteiger partial charge in [0.2, 0.25) is 5.95 Å². The lowest BCUT2D eigenvalue weighted by Crippen LogP contribution is -2.40. The number of oxazole rings is 1. The molecular formula is C24H24N6O5. The van der Waals surface area contributed by atoms with Crippen LogP contribution in [0.5, 0.6) is 5.75 Å². The number of benzene rings is 2. The maximum atomic E-state index is 13.0. The number of hydrogen-bond donors (Lipinski definition) is 2. The molecule has 3 heterocycles. The third-order valence-corrected chi connectivity index (χ3v) is 5.62. The molecular weight excluding hydrogens is 452 g/mol. The number of ether oxygens (including phenoxy) is 2. The Balaban J connectivity index is 1.42. The number of anilines is 3. The number of para-hydroxylation sites is 2. The molecule has 35 heavy (non-hydrogen) atoms. The highest BCUT2D eigenvalue weighted by atomic mass is 16.5. The van der Waals surface area contributed by atoms with Gasteiger partial charge in [-0.05, 0) is 31.2 Å². The van der Waals surface area contributed by atoms with E-state index in [2.05, 4.69) is 20.7 Å². The van der Waals surface area contributed by atoms with Crippen LogP contribution < -0.4 is 21.2 Å². The summed E-state index contributed by atoms with van der Waals surface area (Å²) in [4.78, 5) is 36.0. The van der Waals surface area contributed by atoms with Crippen molar-refractivity contribution in [3.05, 3.63) is 70.3 Å². The van der Waals surface area contributed by atoms with Crippen molar-refractivity contribution in [2.24, 2.45) is 0 Å². The number of nitrogens with zero attached hydrogens (tertiary/aromatic N) is 4. The van der Waals surface area contributed by atoms with E-state index in [9.17, 15) is 9.59 Å². The number of amides is 1. The Morgan fingerprint density at radius 3 is 2.74 bits per heavy atom. The van der Waals surface area contributed by atoms with E-state index in [0.717, 1.165) is 5.56 Å². The van der Waals surface area contributed by atoms with Gasteiger partial charge in [-0.3, -0.25) is 10.2 Å². The number of hydrogen-bond acceptors (Lipinski definition) is 9. The molecule has 1 fully saturated rings. The van der Waals surface area contributed by atoms with E-state index in [-0.39, 0.29) is 11.9 Å². The van der Waals surface area contributed by atoms with E-state index in [1.165, 1.54) is 4.68 Å². The first-order valence-corrected chi connectivity index (χ1v) is 11.1. The van der Waals surface area contributed by atoms with Gasteiger partial charge in [0.25, 0.3) is 5.91 Å². The van der Waals surface area contributed by atoms with Crippen molar-refractivity contribution < 1.29 is 18.7 Å². The zero-order valence-corrected chi connectivity index (χ0v) is 19.3. The number of carbonyl (C=O) groups is 1. The molecule has 0 atom stereocenters. The maximum Gasteiger partial charge on any atom is 0.439 e. The summed E-state index contributed by atoms with van der Waals surface area (Å²) in [7, 11) is 1.54. The number of fused-ring (bicyclic) bond motifs is 1. The molecule has 1 saturated heterocycles. The summed E-state index contributed by atoms with van der Waals surface area (Å²) in [6, 6.07) is 12.3. The van der Waals surface area contributed by atoms with Crippen LogP contribution in [0.15, 0.2) is 57.9 Å². The third kappa shape index (κ3) is 4.66. The fourth-order valence-electron chi connectivity index (χ4n) is 3.78. The molecule has 2 aromatic carbocycles. The van der Waals surface area contributed by atoms with Gasteiger partial charge in [0.1, 0.15) is 11.3 Å². The van der Waals surface area contributed by atoms with E-state index in [4.69, 9.17) is 13.9 Å². The first kappa shape index (κ1) is 22.4. The molecule has 2 aromatic heterocycles. The number of rotatable bonds is 6. The van der Waals surface area contributed by atoms with Crippen LogP contribution in [0.25, 0.3) is 11.1 Å². The minimum absolute atomic E-state index is 0.103. The second-order valence-corrected chi connectivity index (χ2v) is 7.99. The maximum absolute atomic E-state index is 13.0. The third-order valence-electron chi connectivity index (χ3n) is 5.62. The molecule has 1 amide bonds. The molecule has 0 saturated carbocycles. The van der Waals surface area contributed by atoms with Crippen molar-refractivity contribution in [3.8, 4) is 5.75 Å². The standard InChI is InChI=1S/C24H24N6O5/c1-15-14-25-23(27-21(15)28-30-19-5-3-4-6-20(19)35-24(30)32)26-17-11-16(12-18(13-17)33-2)22(31)29-7-9-34-10-8-29/h3-6,11-14H,7-10H2,1-2H3,(H2,25,26,27,28). The van der Waals surface area contributed by atoms with Gasteiger partial charge in [-0.1, -0.05) is 12.1 Å². The van der Waals surface area contributed by atoms with Crippen LogP contribution in [-0.4, -0.2) is 58.9 Å². The first-order chi connectivity index (χ1) is 17.0. The van der Waals surface area contributed by atoms with Crippen molar-refractivity contribution in [2.75, 3.05) is 44.2 Å². The highest BCUT2D eigenvalue weighted by Gasteiger charge is 2.20. The minimum atomic E-state index is -0.558. The van der Waals surface area contributed by atoms with Crippen molar-refractivity contribution in [3.63, 3.8) is 0 Å². The van der Waals surface area contributed by atoms with E-state index in [1.807, 2.05) is 13.0 Å². The molecule has 0 spiro atoms. The van der Waals surface area contributed by atoms with E-state index in [1.54, 1.807) is 54.6 Å². The van der Waals surface area contributed by atoms with Gasteiger partial charge in [0.05, 0.1) is 20.3 Å². The van der Waals surface area contributed by atoms with Gasteiger partial charge in [-0.25, -0.2) is 9.78 Å². The number of carbonyl (C=O) groups excluding carboxylic acids is 1. The Labute approximate surface area is 200 Å². The van der Waals surface area contributed by atoms with Crippen molar-refractivity contribution in [1.82, 2.24) is 19.5 Å². The fourth-order valence-corrected chi connectivity index (χ4v) is 3.78. The fraction of sp³-hybridized carbons (Fsp3) is 0.250. The predicted octanol–water partition coefficient (Wildman–Crippen LogP) is 2.79. The van der Waals surface area contributed by atoms with Crippen LogP contribution in [0.3, 0.4) is 0 Å². The van der Waals surface area contributed by atoms with Crippen molar-refractivity contribution in [2.45, 2.75) is 6.92 Å². The summed E-state index contributed by atoms with van der Waals surface area (Å²) >= 11 is 0. The zero-order valence-electron chi connectivity index (χ0n) is 19.3. The first-order valence-electron chi connectivity index (χ1n) is 11.1. The summed E-state index contributed by atoms with van der Waals surface area (Å²) in [5.41, 5.74) is 5.85. The second-order valence-electron chi connectivity index (χ2n) is 7.99. The van der Waals surface area contributed by atoms with Crippen LogP contribution in [0, 0.1) is 6.92 Å². The van der Waals surface area contributed by atoms with Gasteiger partial charge in [0, 0.05) is 42.2 Å². The molecule has 1 aliphatic rings. The van der Waals surface area contributed by atoms with E-state index < -0.39 is 5.76 Å². The zero-order chi connectivity index (χ0) is 24.4. The molecule has 0 aliphatic carbocycles. The van der Waals surface area contributed by atoms with Crippen LogP contribution in [0.2, 0.25) is 0 Å². The van der Waals surface area contributed by atoms with E-state index in [0.29, 0.717) is 60.2 Å². The van der Waals surface area contributed by atoms with Crippen molar-refractivity contribution in [1.29, 1.82) is 0 Å². The molecule has 2 N–H and O–H groups in total. The molecule has 11 heteroatoms. The van der Waals surface area contributed by atoms with Crippen molar-refractivity contribution >= 4 is 34.5 Å². The van der Waals surface area contributed by atoms with Crippen LogP contribution in [0.4, 0.5) is 17.5 Å². The second kappa shape index (κ2) is 9.47. The van der Waals surface area contributed by atoms with Crippen LogP contribution >= 0.6 is 0 Å². The highest BCUT2D eigenvalue weighted by Crippen LogP contribution is 2.25. The Hall–Kier alpha value is -4.38. The number of aromatic nitrogens is 3. The topological polar surface area (TPSA) is 124 Å². The highest BCUT2D eigenvalue weighted by molar-refractivity contribution is 5.96. The Morgan fingerprint density at radius 2 is 1.94 bits per heavy atom. The number of aryl methyl sites for hydroxylation is 1. The molecule has 180 valence electrons. The Kier molecular flexibility index (Phi) is 6.06. The van der Waals surface area contributed by atoms with Gasteiger partial charge in [-0.2, -0.15) is 9.66 Å². The SMILES string of the molecule is COc1cc(Nc2ncc(C)c(Nn3c(=O)oc4ccccc43)n2)cc(C(=O)N2CCOCC2)c1. The van der Waals surface area contributed by atoms with Crippen LogP contribution in [-0.2, 0) is 4.74 Å². The Morgan fingerprint density at radius 1 is 1.14 bits per heavy atom. The molecule has 4 aromatic rings. The van der Waals surface area contributed by atoms with Crippen LogP contribution in [0.1, 0.15) is 15.9 Å². The lowest BCUT2D eigenvalue weighted by molar-refractivity contribution is 0.0302. The average molecular weight is 476 g/mol. The van der Waals surface area contributed by atoms with Gasteiger partial charge >= 0.3 is 5.76 Å². The lowest BCUT2D eigenvalue weighted by atomic mass is 10.1. The summed E-state index contributed by atoms with van der Waals surface area (Å²) < 4.78 is 17.3. The van der Waals surface area contributed by atoms with E-state index >= 15 is 0 Å². The Bertz CT molecular complexity index is 1440. The molecule has 5 rings (SSSR count). The summed E-state index contributed by atoms with van der Waals surface area (Å²) in [6.45, 7) is 3.93. The quantitative estimate of drug-likeness (QED) is 0.432. The largest absolute Gasteiger partial charge is 0.497 e.